The highest BCUT2D eigenvalue weighted by atomic mass is 16.2. The van der Waals surface area contributed by atoms with Gasteiger partial charge in [-0.15, -0.1) is 0 Å². The second kappa shape index (κ2) is 9.75. The van der Waals surface area contributed by atoms with Crippen LogP contribution in [-0.4, -0.2) is 67.0 Å². The summed E-state index contributed by atoms with van der Waals surface area (Å²) in [6.07, 6.45) is 8.62. The lowest BCUT2D eigenvalue weighted by Gasteiger charge is -2.35. The maximum Gasteiger partial charge on any atom is 0.317 e. The molecule has 2 N–H and O–H groups in total. The van der Waals surface area contributed by atoms with E-state index in [1.165, 1.54) is 32.1 Å². The van der Waals surface area contributed by atoms with Gasteiger partial charge in [-0.05, 0) is 19.8 Å². The molecule has 1 aliphatic heterocycles. The Kier molecular flexibility index (Phi) is 7.65. The molecule has 6 heteroatoms. The van der Waals surface area contributed by atoms with Crippen LogP contribution in [-0.2, 0) is 4.79 Å². The van der Waals surface area contributed by atoms with Crippen LogP contribution in [0.25, 0.3) is 0 Å². The summed E-state index contributed by atoms with van der Waals surface area (Å²) in [7, 11) is 0. The zero-order valence-corrected chi connectivity index (χ0v) is 14.5. The number of nitrogens with one attached hydrogen (secondary N) is 2. The minimum absolute atomic E-state index is 0.0694. The van der Waals surface area contributed by atoms with E-state index in [0.29, 0.717) is 32.2 Å². The number of hydrogen-bond acceptors (Lipinski definition) is 3. The van der Waals surface area contributed by atoms with Gasteiger partial charge in [0.25, 0.3) is 0 Å². The van der Waals surface area contributed by atoms with E-state index in [4.69, 9.17) is 0 Å². The van der Waals surface area contributed by atoms with Gasteiger partial charge < -0.3 is 15.5 Å². The smallest absolute Gasteiger partial charge is 0.317 e. The number of nitrogens with zero attached hydrogens (tertiary/aromatic N) is 2. The van der Waals surface area contributed by atoms with Crippen molar-refractivity contribution in [2.75, 3.05) is 39.3 Å². The van der Waals surface area contributed by atoms with Crippen molar-refractivity contribution < 1.29 is 9.59 Å². The van der Waals surface area contributed by atoms with Gasteiger partial charge in [0.2, 0.25) is 5.91 Å². The Bertz CT molecular complexity index is 373. The second-order valence-electron chi connectivity index (χ2n) is 6.71. The summed E-state index contributed by atoms with van der Waals surface area (Å²) in [5.41, 5.74) is 0. The SMILES string of the molecule is CCNC(=O)CN1CCN(C(=O)NC2CCCCCCC2)CC1. The Morgan fingerprint density at radius 2 is 1.57 bits per heavy atom. The van der Waals surface area contributed by atoms with Crippen molar-refractivity contribution in [1.82, 2.24) is 20.4 Å². The zero-order valence-electron chi connectivity index (χ0n) is 14.5. The Balaban J connectivity index is 1.69. The highest BCUT2D eigenvalue weighted by molar-refractivity contribution is 5.78. The standard InChI is InChI=1S/C17H32N4O2/c1-2-18-16(22)14-20-10-12-21(13-11-20)17(23)19-15-8-6-4-3-5-7-9-15/h15H,2-14H2,1H3,(H,18,22)(H,19,23). The van der Waals surface area contributed by atoms with E-state index < -0.39 is 0 Å². The lowest BCUT2D eigenvalue weighted by molar-refractivity contribution is -0.122. The molecule has 0 aromatic heterocycles. The number of carbonyl (C=O) groups is 2. The maximum atomic E-state index is 12.4. The molecule has 23 heavy (non-hydrogen) atoms. The van der Waals surface area contributed by atoms with Crippen LogP contribution >= 0.6 is 0 Å². The molecule has 1 saturated heterocycles. The maximum absolute atomic E-state index is 12.4. The number of amides is 3. The van der Waals surface area contributed by atoms with Crippen LogP contribution in [0.1, 0.15) is 51.9 Å². The molecule has 6 nitrogen and oxygen atoms in total. The third-order valence-corrected chi connectivity index (χ3v) is 4.83. The van der Waals surface area contributed by atoms with E-state index in [9.17, 15) is 9.59 Å². The van der Waals surface area contributed by atoms with Gasteiger partial charge in [0.15, 0.2) is 0 Å². The van der Waals surface area contributed by atoms with Crippen molar-refractivity contribution >= 4 is 11.9 Å². The Morgan fingerprint density at radius 3 is 2.17 bits per heavy atom. The molecule has 1 aliphatic carbocycles. The van der Waals surface area contributed by atoms with Gasteiger partial charge in [-0.25, -0.2) is 4.79 Å². The van der Waals surface area contributed by atoms with Crippen LogP contribution in [0.2, 0.25) is 0 Å². The van der Waals surface area contributed by atoms with Crippen LogP contribution in [0.3, 0.4) is 0 Å². The van der Waals surface area contributed by atoms with Crippen LogP contribution in [0.15, 0.2) is 0 Å². The fraction of sp³-hybridized carbons (Fsp3) is 0.882. The van der Waals surface area contributed by atoms with Crippen LogP contribution in [0.4, 0.5) is 4.79 Å². The van der Waals surface area contributed by atoms with Gasteiger partial charge in [-0.2, -0.15) is 0 Å². The van der Waals surface area contributed by atoms with Gasteiger partial charge >= 0.3 is 6.03 Å². The molecule has 0 radical (unpaired) electrons. The number of carbonyl (C=O) groups excluding carboxylic acids is 2. The van der Waals surface area contributed by atoms with E-state index in [2.05, 4.69) is 15.5 Å². The summed E-state index contributed by atoms with van der Waals surface area (Å²) < 4.78 is 0. The molecule has 0 atom stereocenters. The topological polar surface area (TPSA) is 64.7 Å². The lowest BCUT2D eigenvalue weighted by atomic mass is 9.97. The number of rotatable bonds is 4. The molecule has 0 aromatic rings. The largest absolute Gasteiger partial charge is 0.355 e. The minimum atomic E-state index is 0.0694. The lowest BCUT2D eigenvalue weighted by Crippen LogP contribution is -2.54. The average Bonchev–Trinajstić information content (AvgIpc) is 2.50. The first-order chi connectivity index (χ1) is 11.2. The third-order valence-electron chi connectivity index (χ3n) is 4.83. The molecule has 2 fully saturated rings. The minimum Gasteiger partial charge on any atom is -0.355 e. The number of piperazine rings is 1. The van der Waals surface area contributed by atoms with Crippen molar-refractivity contribution in [2.45, 2.75) is 57.9 Å². The van der Waals surface area contributed by atoms with E-state index in [0.717, 1.165) is 25.9 Å². The quantitative estimate of drug-likeness (QED) is 0.825. The number of likely N-dealkylation sites (N-methyl/N-ethyl adjacent to an activating group) is 1. The van der Waals surface area contributed by atoms with Gasteiger partial charge in [0, 0.05) is 38.8 Å². The molecule has 0 spiro atoms. The van der Waals surface area contributed by atoms with Crippen LogP contribution in [0, 0.1) is 0 Å². The molecule has 1 saturated carbocycles. The molecular weight excluding hydrogens is 292 g/mol. The van der Waals surface area contributed by atoms with Crippen molar-refractivity contribution in [1.29, 1.82) is 0 Å². The Hall–Kier alpha value is -1.30. The number of urea groups is 1. The molecular formula is C17H32N4O2. The molecule has 3 amide bonds. The molecule has 0 unspecified atom stereocenters. The second-order valence-corrected chi connectivity index (χ2v) is 6.71. The normalized spacial score (nSPS) is 21.3. The summed E-state index contributed by atoms with van der Waals surface area (Å²) in [5.74, 6) is 0.0694. The first-order valence-electron chi connectivity index (χ1n) is 9.23. The van der Waals surface area contributed by atoms with Crippen molar-refractivity contribution in [2.24, 2.45) is 0 Å². The van der Waals surface area contributed by atoms with Gasteiger partial charge in [0.05, 0.1) is 6.54 Å². The summed E-state index contributed by atoms with van der Waals surface area (Å²) in [5, 5.41) is 6.04. The third kappa shape index (κ3) is 6.37. The van der Waals surface area contributed by atoms with Gasteiger partial charge in [-0.3, -0.25) is 9.69 Å². The highest BCUT2D eigenvalue weighted by Crippen LogP contribution is 2.17. The fourth-order valence-electron chi connectivity index (χ4n) is 3.43. The summed E-state index contributed by atoms with van der Waals surface area (Å²) in [4.78, 5) is 28.0. The molecule has 1 heterocycles. The molecule has 2 rings (SSSR count). The first-order valence-corrected chi connectivity index (χ1v) is 9.23. The zero-order chi connectivity index (χ0) is 16.5. The summed E-state index contributed by atoms with van der Waals surface area (Å²) in [6.45, 7) is 5.99. The summed E-state index contributed by atoms with van der Waals surface area (Å²) in [6, 6.07) is 0.421. The Labute approximate surface area is 140 Å². The molecule has 132 valence electrons. The highest BCUT2D eigenvalue weighted by Gasteiger charge is 2.24. The number of hydrogen-bond donors (Lipinski definition) is 2. The predicted octanol–water partition coefficient (Wildman–Crippen LogP) is 1.56. The molecule has 2 aliphatic rings. The van der Waals surface area contributed by atoms with E-state index in [1.807, 2.05) is 11.8 Å². The molecule has 0 bridgehead atoms. The summed E-state index contributed by atoms with van der Waals surface area (Å²) >= 11 is 0. The fourth-order valence-corrected chi connectivity index (χ4v) is 3.43. The van der Waals surface area contributed by atoms with Crippen molar-refractivity contribution in [3.8, 4) is 0 Å². The molecule has 0 aromatic carbocycles. The monoisotopic (exact) mass is 324 g/mol. The van der Waals surface area contributed by atoms with E-state index in [1.54, 1.807) is 0 Å². The average molecular weight is 324 g/mol. The van der Waals surface area contributed by atoms with E-state index in [-0.39, 0.29) is 11.9 Å². The van der Waals surface area contributed by atoms with Crippen LogP contribution in [0.5, 0.6) is 0 Å². The van der Waals surface area contributed by atoms with E-state index >= 15 is 0 Å². The first kappa shape index (κ1) is 18.0. The van der Waals surface area contributed by atoms with Crippen molar-refractivity contribution in [3.05, 3.63) is 0 Å². The van der Waals surface area contributed by atoms with Crippen molar-refractivity contribution in [3.63, 3.8) is 0 Å². The predicted molar refractivity (Wildman–Crippen MR) is 91.3 cm³/mol. The van der Waals surface area contributed by atoms with Crippen LogP contribution < -0.4 is 10.6 Å². The Morgan fingerprint density at radius 1 is 0.957 bits per heavy atom. The van der Waals surface area contributed by atoms with Gasteiger partial charge in [-0.1, -0.05) is 32.1 Å². The van der Waals surface area contributed by atoms with Gasteiger partial charge in [0.1, 0.15) is 0 Å².